The zero-order valence-electron chi connectivity index (χ0n) is 22.6. The van der Waals surface area contributed by atoms with E-state index >= 15 is 0 Å². The van der Waals surface area contributed by atoms with Crippen LogP contribution in [0.15, 0.2) is 114 Å². The van der Waals surface area contributed by atoms with Crippen molar-refractivity contribution in [1.82, 2.24) is 9.97 Å². The van der Waals surface area contributed by atoms with Gasteiger partial charge in [0.15, 0.2) is 5.58 Å². The van der Waals surface area contributed by atoms with E-state index in [4.69, 9.17) is 16.0 Å². The van der Waals surface area contributed by atoms with Crippen LogP contribution in [-0.4, -0.2) is 9.97 Å². The molecule has 7 rings (SSSR count). The number of hydrogen-bond donors (Lipinski definition) is 0. The van der Waals surface area contributed by atoms with Gasteiger partial charge in [0.05, 0.1) is 0 Å². The lowest BCUT2D eigenvalue weighted by Crippen LogP contribution is -2.10. The van der Waals surface area contributed by atoms with E-state index in [1.165, 1.54) is 33.0 Å². The van der Waals surface area contributed by atoms with Gasteiger partial charge in [-0.25, -0.2) is 9.97 Å². The largest absolute Gasteiger partial charge is 0.452 e. The fourth-order valence-corrected chi connectivity index (χ4v) is 5.71. The normalized spacial score (nSPS) is 12.0. The predicted octanol–water partition coefficient (Wildman–Crippen LogP) is 10.5. The molecule has 0 bridgehead atoms. The molecule has 2 heterocycles. The zero-order valence-corrected chi connectivity index (χ0v) is 23.3. The molecule has 2 aromatic heterocycles. The minimum atomic E-state index is 0.117. The van der Waals surface area contributed by atoms with Crippen molar-refractivity contribution in [2.24, 2.45) is 0 Å². The third-order valence-electron chi connectivity index (χ3n) is 7.63. The van der Waals surface area contributed by atoms with Crippen molar-refractivity contribution in [2.75, 3.05) is 0 Å². The van der Waals surface area contributed by atoms with E-state index in [0.29, 0.717) is 11.3 Å². The van der Waals surface area contributed by atoms with Crippen molar-refractivity contribution >= 4 is 44.4 Å². The molecule has 3 nitrogen and oxygen atoms in total. The number of nitrogens with zero attached hydrogens (tertiary/aromatic N) is 2. The summed E-state index contributed by atoms with van der Waals surface area (Å²) < 4.78 is 6.18. The molecule has 4 heteroatoms. The van der Waals surface area contributed by atoms with E-state index in [1.54, 1.807) is 0 Å². The van der Waals surface area contributed by atoms with Crippen LogP contribution in [-0.2, 0) is 5.41 Å². The third kappa shape index (κ3) is 4.14. The Morgan fingerprint density at radius 1 is 0.625 bits per heavy atom. The highest BCUT2D eigenvalue weighted by Gasteiger charge is 2.18. The highest BCUT2D eigenvalue weighted by molar-refractivity contribution is 6.29. The summed E-state index contributed by atoms with van der Waals surface area (Å²) in [6, 6.07) is 38.3. The van der Waals surface area contributed by atoms with Crippen molar-refractivity contribution in [2.45, 2.75) is 26.2 Å². The number of benzene rings is 5. The van der Waals surface area contributed by atoms with Crippen molar-refractivity contribution in [3.8, 4) is 33.5 Å². The van der Waals surface area contributed by atoms with Crippen LogP contribution in [0.25, 0.3) is 66.4 Å². The standard InChI is InChI=1S/C36H27ClN2O/c1-36(2,3)26-20-18-23(19-21-26)28-12-7-9-24-8-6-11-27(31(24)28)22-14-16-25(17-15-22)32-34-33(39-35(37)38-32)29-10-4-5-13-30(29)40-34/h4-21H,1-3H3. The minimum absolute atomic E-state index is 0.117. The maximum atomic E-state index is 6.37. The fourth-order valence-electron chi connectivity index (χ4n) is 5.54. The van der Waals surface area contributed by atoms with E-state index in [0.717, 1.165) is 27.6 Å². The Bertz CT molecular complexity index is 2030. The first-order valence-electron chi connectivity index (χ1n) is 13.4. The second-order valence-corrected chi connectivity index (χ2v) is 11.6. The summed E-state index contributed by atoms with van der Waals surface area (Å²) in [4.78, 5) is 9.02. The van der Waals surface area contributed by atoms with Gasteiger partial charge >= 0.3 is 0 Å². The molecule has 0 aliphatic heterocycles. The van der Waals surface area contributed by atoms with Crippen LogP contribution in [0.2, 0.25) is 5.28 Å². The van der Waals surface area contributed by atoms with Gasteiger partial charge in [-0.1, -0.05) is 118 Å². The molecule has 0 aliphatic carbocycles. The Kier molecular flexibility index (Phi) is 5.72. The van der Waals surface area contributed by atoms with Crippen LogP contribution < -0.4 is 0 Å². The summed E-state index contributed by atoms with van der Waals surface area (Å²) in [6.45, 7) is 6.74. The summed E-state index contributed by atoms with van der Waals surface area (Å²) in [5.74, 6) is 0. The van der Waals surface area contributed by atoms with E-state index in [2.05, 4.69) is 116 Å². The maximum absolute atomic E-state index is 6.37. The predicted molar refractivity (Wildman–Crippen MR) is 167 cm³/mol. The molecule has 7 aromatic rings. The van der Waals surface area contributed by atoms with Gasteiger partial charge in [-0.3, -0.25) is 0 Å². The first-order chi connectivity index (χ1) is 19.4. The lowest BCUT2D eigenvalue weighted by Gasteiger charge is -2.19. The van der Waals surface area contributed by atoms with Gasteiger partial charge in [0, 0.05) is 10.9 Å². The summed E-state index contributed by atoms with van der Waals surface area (Å²) in [5, 5.41) is 3.59. The average Bonchev–Trinajstić information content (AvgIpc) is 3.34. The molecule has 0 aliphatic rings. The van der Waals surface area contributed by atoms with Crippen molar-refractivity contribution in [3.63, 3.8) is 0 Å². The first-order valence-corrected chi connectivity index (χ1v) is 13.8. The lowest BCUT2D eigenvalue weighted by atomic mass is 9.85. The number of rotatable bonds is 3. The molecule has 0 amide bonds. The molecule has 194 valence electrons. The number of hydrogen-bond acceptors (Lipinski definition) is 3. The van der Waals surface area contributed by atoms with Crippen LogP contribution >= 0.6 is 11.6 Å². The highest BCUT2D eigenvalue weighted by atomic mass is 35.5. The number of furan rings is 1. The van der Waals surface area contributed by atoms with Crippen LogP contribution in [0.4, 0.5) is 0 Å². The van der Waals surface area contributed by atoms with E-state index in [1.807, 2.05) is 24.3 Å². The van der Waals surface area contributed by atoms with Crippen molar-refractivity contribution in [3.05, 3.63) is 120 Å². The second kappa shape index (κ2) is 9.32. The van der Waals surface area contributed by atoms with Crippen molar-refractivity contribution < 1.29 is 4.42 Å². The summed E-state index contributed by atoms with van der Waals surface area (Å²) >= 11 is 6.37. The molecule has 0 atom stereocenters. The number of fused-ring (bicyclic) bond motifs is 4. The second-order valence-electron chi connectivity index (χ2n) is 11.2. The molecule has 0 radical (unpaired) electrons. The maximum Gasteiger partial charge on any atom is 0.223 e. The molecule has 0 spiro atoms. The topological polar surface area (TPSA) is 38.9 Å². The van der Waals surface area contributed by atoms with Crippen molar-refractivity contribution in [1.29, 1.82) is 0 Å². The highest BCUT2D eigenvalue weighted by Crippen LogP contribution is 2.39. The Morgan fingerprint density at radius 3 is 1.88 bits per heavy atom. The van der Waals surface area contributed by atoms with Crippen LogP contribution in [0.5, 0.6) is 0 Å². The van der Waals surface area contributed by atoms with E-state index in [-0.39, 0.29) is 10.7 Å². The van der Waals surface area contributed by atoms with Crippen LogP contribution in [0, 0.1) is 0 Å². The molecule has 0 fully saturated rings. The Hall–Kier alpha value is -4.47. The molecule has 0 saturated carbocycles. The Labute approximate surface area is 238 Å². The molecule has 0 N–H and O–H groups in total. The van der Waals surface area contributed by atoms with Gasteiger partial charge in [-0.05, 0) is 67.7 Å². The van der Waals surface area contributed by atoms with Gasteiger partial charge < -0.3 is 4.42 Å². The van der Waals surface area contributed by atoms with E-state index in [9.17, 15) is 0 Å². The van der Waals surface area contributed by atoms with Crippen LogP contribution in [0.1, 0.15) is 26.3 Å². The summed E-state index contributed by atoms with van der Waals surface area (Å²) in [6.07, 6.45) is 0. The van der Waals surface area contributed by atoms with Gasteiger partial charge in [0.25, 0.3) is 0 Å². The average molecular weight is 539 g/mol. The fraction of sp³-hybridized carbons (Fsp3) is 0.111. The summed E-state index contributed by atoms with van der Waals surface area (Å²) in [5.41, 5.74) is 9.96. The summed E-state index contributed by atoms with van der Waals surface area (Å²) in [7, 11) is 0. The van der Waals surface area contributed by atoms with Gasteiger partial charge in [-0.15, -0.1) is 0 Å². The first kappa shape index (κ1) is 24.6. The number of aromatic nitrogens is 2. The number of halogens is 1. The monoisotopic (exact) mass is 538 g/mol. The van der Waals surface area contributed by atoms with Gasteiger partial charge in [0.1, 0.15) is 16.8 Å². The number of para-hydroxylation sites is 1. The van der Waals surface area contributed by atoms with Gasteiger partial charge in [-0.2, -0.15) is 0 Å². The SMILES string of the molecule is CC(C)(C)c1ccc(-c2cccc3cccc(-c4ccc(-c5nc(Cl)nc6c5oc5ccccc56)cc4)c23)cc1. The molecule has 0 saturated heterocycles. The Balaban J connectivity index is 1.35. The molecular formula is C36H27ClN2O. The zero-order chi connectivity index (χ0) is 27.4. The smallest absolute Gasteiger partial charge is 0.223 e. The minimum Gasteiger partial charge on any atom is -0.452 e. The van der Waals surface area contributed by atoms with Crippen LogP contribution in [0.3, 0.4) is 0 Å². The van der Waals surface area contributed by atoms with Gasteiger partial charge in [0.2, 0.25) is 5.28 Å². The quantitative estimate of drug-likeness (QED) is 0.210. The molecule has 0 unspecified atom stereocenters. The lowest BCUT2D eigenvalue weighted by molar-refractivity contribution is 0.590. The molecule has 40 heavy (non-hydrogen) atoms. The third-order valence-corrected chi connectivity index (χ3v) is 7.80. The van der Waals surface area contributed by atoms with E-state index < -0.39 is 0 Å². The Morgan fingerprint density at radius 2 is 1.23 bits per heavy atom. The molecular weight excluding hydrogens is 512 g/mol. The molecule has 5 aromatic carbocycles.